The number of allylic oxidation sites excluding steroid dienone is 1. The van der Waals surface area contributed by atoms with Gasteiger partial charge in [0, 0.05) is 31.9 Å². The Labute approximate surface area is 172 Å². The number of ether oxygens (including phenoxy) is 3. The van der Waals surface area contributed by atoms with Crippen LogP contribution in [0.3, 0.4) is 0 Å². The molecule has 1 fully saturated rings. The Bertz CT molecular complexity index is 840. The monoisotopic (exact) mass is 396 g/mol. The smallest absolute Gasteiger partial charge is 0.260 e. The van der Waals surface area contributed by atoms with Gasteiger partial charge in [-0.1, -0.05) is 18.2 Å². The lowest BCUT2D eigenvalue weighted by molar-refractivity contribution is -0.133. The Morgan fingerprint density at radius 3 is 2.31 bits per heavy atom. The minimum absolute atomic E-state index is 0.00184. The molecule has 0 spiro atoms. The fraction of sp³-hybridized carbons (Fsp3) is 0.348. The molecule has 1 aliphatic heterocycles. The molecule has 0 bridgehead atoms. The maximum atomic E-state index is 12.6. The van der Waals surface area contributed by atoms with Gasteiger partial charge in [-0.15, -0.1) is 0 Å². The third-order valence-electron chi connectivity index (χ3n) is 4.97. The molecule has 29 heavy (non-hydrogen) atoms. The largest absolute Gasteiger partial charge is 0.497 e. The summed E-state index contributed by atoms with van der Waals surface area (Å²) in [6, 6.07) is 13.7. The van der Waals surface area contributed by atoms with Crippen molar-refractivity contribution in [3.63, 3.8) is 0 Å². The van der Waals surface area contributed by atoms with Crippen molar-refractivity contribution in [3.8, 4) is 17.2 Å². The molecule has 2 aromatic carbocycles. The normalized spacial score (nSPS) is 14.2. The Balaban J connectivity index is 1.52. The summed E-state index contributed by atoms with van der Waals surface area (Å²) in [6.07, 6.45) is 3.95. The molecule has 0 radical (unpaired) electrons. The second kappa shape index (κ2) is 9.87. The third kappa shape index (κ3) is 5.22. The van der Waals surface area contributed by atoms with Crippen molar-refractivity contribution in [2.45, 2.75) is 6.92 Å². The predicted octanol–water partition coefficient (Wildman–Crippen LogP) is 3.46. The lowest BCUT2D eigenvalue weighted by atomic mass is 10.2. The van der Waals surface area contributed by atoms with Crippen LogP contribution in [0.5, 0.6) is 17.2 Å². The average molecular weight is 396 g/mol. The molecule has 1 amide bonds. The van der Waals surface area contributed by atoms with Gasteiger partial charge >= 0.3 is 0 Å². The quantitative estimate of drug-likeness (QED) is 0.717. The van der Waals surface area contributed by atoms with Crippen LogP contribution < -0.4 is 19.1 Å². The zero-order chi connectivity index (χ0) is 20.6. The van der Waals surface area contributed by atoms with Gasteiger partial charge in [0.25, 0.3) is 5.91 Å². The molecule has 6 nitrogen and oxygen atoms in total. The second-order valence-electron chi connectivity index (χ2n) is 6.76. The highest BCUT2D eigenvalue weighted by molar-refractivity contribution is 5.78. The number of amides is 1. The first-order valence-corrected chi connectivity index (χ1v) is 9.75. The summed E-state index contributed by atoms with van der Waals surface area (Å²) >= 11 is 0. The zero-order valence-electron chi connectivity index (χ0n) is 17.3. The Morgan fingerprint density at radius 1 is 0.966 bits per heavy atom. The van der Waals surface area contributed by atoms with Crippen molar-refractivity contribution in [1.82, 2.24) is 4.90 Å². The predicted molar refractivity (Wildman–Crippen MR) is 115 cm³/mol. The summed E-state index contributed by atoms with van der Waals surface area (Å²) in [5.41, 5.74) is 2.16. The van der Waals surface area contributed by atoms with E-state index in [1.54, 1.807) is 14.2 Å². The van der Waals surface area contributed by atoms with Crippen LogP contribution in [0.2, 0.25) is 0 Å². The van der Waals surface area contributed by atoms with Gasteiger partial charge in [-0.05, 0) is 48.9 Å². The fourth-order valence-corrected chi connectivity index (χ4v) is 3.34. The van der Waals surface area contributed by atoms with Crippen LogP contribution in [0.1, 0.15) is 12.5 Å². The molecule has 2 aromatic rings. The molecule has 0 aliphatic carbocycles. The third-order valence-corrected chi connectivity index (χ3v) is 4.97. The van der Waals surface area contributed by atoms with Gasteiger partial charge in [0.05, 0.1) is 14.2 Å². The Hall–Kier alpha value is -3.15. The van der Waals surface area contributed by atoms with Gasteiger partial charge in [-0.3, -0.25) is 4.79 Å². The maximum absolute atomic E-state index is 12.6. The second-order valence-corrected chi connectivity index (χ2v) is 6.76. The number of benzene rings is 2. The van der Waals surface area contributed by atoms with E-state index < -0.39 is 0 Å². The zero-order valence-corrected chi connectivity index (χ0v) is 17.3. The van der Waals surface area contributed by atoms with E-state index >= 15 is 0 Å². The number of anilines is 1. The molecule has 0 aromatic heterocycles. The van der Waals surface area contributed by atoms with E-state index in [2.05, 4.69) is 4.90 Å². The van der Waals surface area contributed by atoms with Gasteiger partial charge in [0.2, 0.25) is 0 Å². The summed E-state index contributed by atoms with van der Waals surface area (Å²) in [6.45, 7) is 4.89. The molecule has 0 atom stereocenters. The van der Waals surface area contributed by atoms with Gasteiger partial charge in [-0.2, -0.15) is 0 Å². The molecular formula is C23H28N2O4. The van der Waals surface area contributed by atoms with Crippen LogP contribution in [0.25, 0.3) is 6.08 Å². The summed E-state index contributed by atoms with van der Waals surface area (Å²) in [7, 11) is 3.26. The van der Waals surface area contributed by atoms with Crippen molar-refractivity contribution in [2.75, 3.05) is 51.9 Å². The molecule has 1 heterocycles. The van der Waals surface area contributed by atoms with E-state index in [0.717, 1.165) is 30.1 Å². The summed E-state index contributed by atoms with van der Waals surface area (Å²) in [4.78, 5) is 16.7. The van der Waals surface area contributed by atoms with E-state index in [1.807, 2.05) is 66.4 Å². The van der Waals surface area contributed by atoms with Gasteiger partial charge < -0.3 is 24.0 Å². The SMILES string of the molecule is CC=Cc1ccc(OCC(=O)N2CCN(c3ccc(OC)cc3)CC2)c(OC)c1. The number of carbonyl (C=O) groups excluding carboxylic acids is 1. The number of nitrogens with zero attached hydrogens (tertiary/aromatic N) is 2. The minimum atomic E-state index is -0.0148. The highest BCUT2D eigenvalue weighted by atomic mass is 16.5. The average Bonchev–Trinajstić information content (AvgIpc) is 2.78. The Kier molecular flexibility index (Phi) is 7.00. The van der Waals surface area contributed by atoms with Crippen LogP contribution in [-0.2, 0) is 4.79 Å². The molecule has 1 aliphatic rings. The summed E-state index contributed by atoms with van der Waals surface area (Å²) in [5.74, 6) is 2.02. The maximum Gasteiger partial charge on any atom is 0.260 e. The van der Waals surface area contributed by atoms with E-state index in [0.29, 0.717) is 24.6 Å². The van der Waals surface area contributed by atoms with Crippen molar-refractivity contribution < 1.29 is 19.0 Å². The van der Waals surface area contributed by atoms with Crippen LogP contribution in [0.15, 0.2) is 48.5 Å². The first-order chi connectivity index (χ1) is 14.1. The van der Waals surface area contributed by atoms with Crippen molar-refractivity contribution in [2.24, 2.45) is 0 Å². The topological polar surface area (TPSA) is 51.2 Å². The molecule has 1 saturated heterocycles. The van der Waals surface area contributed by atoms with Crippen molar-refractivity contribution in [3.05, 3.63) is 54.1 Å². The summed E-state index contributed by atoms with van der Waals surface area (Å²) in [5, 5.41) is 0. The van der Waals surface area contributed by atoms with E-state index in [-0.39, 0.29) is 12.5 Å². The Morgan fingerprint density at radius 2 is 1.69 bits per heavy atom. The van der Waals surface area contributed by atoms with Gasteiger partial charge in [0.1, 0.15) is 5.75 Å². The standard InChI is InChI=1S/C23H28N2O4/c1-4-5-18-6-11-21(22(16-18)28-3)29-17-23(26)25-14-12-24(13-15-25)19-7-9-20(27-2)10-8-19/h4-11,16H,12-15,17H2,1-3H3. The highest BCUT2D eigenvalue weighted by Crippen LogP contribution is 2.28. The molecule has 0 N–H and O–H groups in total. The molecular weight excluding hydrogens is 368 g/mol. The molecule has 0 unspecified atom stereocenters. The number of piperazine rings is 1. The van der Waals surface area contributed by atoms with Crippen LogP contribution in [-0.4, -0.2) is 57.8 Å². The van der Waals surface area contributed by atoms with Crippen molar-refractivity contribution >= 4 is 17.7 Å². The molecule has 0 saturated carbocycles. The molecule has 3 rings (SSSR count). The van der Waals surface area contributed by atoms with Crippen molar-refractivity contribution in [1.29, 1.82) is 0 Å². The number of hydrogen-bond acceptors (Lipinski definition) is 5. The van der Waals surface area contributed by atoms with Crippen LogP contribution in [0.4, 0.5) is 5.69 Å². The lowest BCUT2D eigenvalue weighted by Crippen LogP contribution is -2.50. The van der Waals surface area contributed by atoms with E-state index in [9.17, 15) is 4.79 Å². The first kappa shape index (κ1) is 20.6. The minimum Gasteiger partial charge on any atom is -0.497 e. The van der Waals surface area contributed by atoms with Gasteiger partial charge in [-0.25, -0.2) is 0 Å². The molecule has 6 heteroatoms. The lowest BCUT2D eigenvalue weighted by Gasteiger charge is -2.36. The van der Waals surface area contributed by atoms with Crippen LogP contribution >= 0.6 is 0 Å². The summed E-state index contributed by atoms with van der Waals surface area (Å²) < 4.78 is 16.3. The highest BCUT2D eigenvalue weighted by Gasteiger charge is 2.22. The number of hydrogen-bond donors (Lipinski definition) is 0. The fourth-order valence-electron chi connectivity index (χ4n) is 3.34. The first-order valence-electron chi connectivity index (χ1n) is 9.75. The van der Waals surface area contributed by atoms with E-state index in [1.165, 1.54) is 0 Å². The van der Waals surface area contributed by atoms with E-state index in [4.69, 9.17) is 14.2 Å². The number of carbonyl (C=O) groups is 1. The number of rotatable bonds is 7. The van der Waals surface area contributed by atoms with Gasteiger partial charge in [0.15, 0.2) is 18.1 Å². The van der Waals surface area contributed by atoms with Crippen LogP contribution in [0, 0.1) is 0 Å². The molecule has 154 valence electrons. The number of methoxy groups -OCH3 is 2.